The molecule has 0 rings (SSSR count). The van der Waals surface area contributed by atoms with Crippen LogP contribution in [0.3, 0.4) is 0 Å². The molecule has 0 aromatic heterocycles. The van der Waals surface area contributed by atoms with E-state index in [1.807, 2.05) is 0 Å². The number of aliphatic hydroxyl groups excluding tert-OH is 1. The predicted molar refractivity (Wildman–Crippen MR) is 218 cm³/mol. The van der Waals surface area contributed by atoms with Gasteiger partial charge in [0.15, 0.2) is 0 Å². The van der Waals surface area contributed by atoms with Gasteiger partial charge in [-0.05, 0) is 69.9 Å². The van der Waals surface area contributed by atoms with Gasteiger partial charge >= 0.3 is 11.9 Å². The fraction of sp³-hybridized carbons (Fsp3) is 0.956. The van der Waals surface area contributed by atoms with Crippen molar-refractivity contribution < 1.29 is 24.5 Å². The maximum Gasteiger partial charge on any atom is 0.306 e. The molecule has 51 heavy (non-hydrogen) atoms. The van der Waals surface area contributed by atoms with E-state index in [0.29, 0.717) is 24.9 Å². The molecule has 6 nitrogen and oxygen atoms in total. The zero-order valence-electron chi connectivity index (χ0n) is 34.8. The Balaban J connectivity index is 4.26. The Morgan fingerprint density at radius 2 is 0.941 bits per heavy atom. The van der Waals surface area contributed by atoms with Gasteiger partial charge < -0.3 is 19.8 Å². The molecule has 0 aromatic carbocycles. The molecule has 0 bridgehead atoms. The van der Waals surface area contributed by atoms with Crippen LogP contribution in [0.2, 0.25) is 0 Å². The van der Waals surface area contributed by atoms with Crippen LogP contribution < -0.4 is 0 Å². The molecular weight excluding hydrogens is 634 g/mol. The van der Waals surface area contributed by atoms with E-state index in [4.69, 9.17) is 4.74 Å². The summed E-state index contributed by atoms with van der Waals surface area (Å²) < 4.78 is 5.52. The van der Waals surface area contributed by atoms with Crippen molar-refractivity contribution in [1.29, 1.82) is 0 Å². The SMILES string of the molecule is CCCCCCCCC(CCCCCCCC)C(CCCCCCN(CCO)CCCCCCCC(=O)OCC(C)CCCCCCC)C(=O)O. The molecule has 0 radical (unpaired) electrons. The molecule has 6 heteroatoms. The van der Waals surface area contributed by atoms with Gasteiger partial charge in [-0.15, -0.1) is 0 Å². The molecule has 0 aromatic rings. The first-order chi connectivity index (χ1) is 24.9. The van der Waals surface area contributed by atoms with E-state index >= 15 is 0 Å². The smallest absolute Gasteiger partial charge is 0.306 e. The number of carboxylic acids is 1. The lowest BCUT2D eigenvalue weighted by atomic mass is 9.80. The number of rotatable bonds is 41. The number of carbonyl (C=O) groups is 2. The van der Waals surface area contributed by atoms with Gasteiger partial charge in [0.2, 0.25) is 0 Å². The lowest BCUT2D eigenvalue weighted by Crippen LogP contribution is -2.29. The van der Waals surface area contributed by atoms with Crippen molar-refractivity contribution in [2.24, 2.45) is 17.8 Å². The van der Waals surface area contributed by atoms with Crippen molar-refractivity contribution in [3.63, 3.8) is 0 Å². The highest BCUT2D eigenvalue weighted by molar-refractivity contribution is 5.70. The summed E-state index contributed by atoms with van der Waals surface area (Å²) in [4.78, 5) is 27.0. The van der Waals surface area contributed by atoms with Crippen LogP contribution in [0.5, 0.6) is 0 Å². The van der Waals surface area contributed by atoms with Gasteiger partial charge in [0.25, 0.3) is 0 Å². The van der Waals surface area contributed by atoms with Crippen LogP contribution in [0.25, 0.3) is 0 Å². The summed E-state index contributed by atoms with van der Waals surface area (Å²) in [5.74, 6) is -0.0108. The van der Waals surface area contributed by atoms with Crippen molar-refractivity contribution in [3.05, 3.63) is 0 Å². The highest BCUT2D eigenvalue weighted by Crippen LogP contribution is 2.30. The van der Waals surface area contributed by atoms with Gasteiger partial charge in [0.1, 0.15) is 0 Å². The number of carboxylic acid groups (broad SMARTS) is 1. The number of aliphatic carboxylic acids is 1. The first-order valence-corrected chi connectivity index (χ1v) is 22.6. The largest absolute Gasteiger partial charge is 0.481 e. The quantitative estimate of drug-likeness (QED) is 0.0482. The van der Waals surface area contributed by atoms with Crippen LogP contribution in [0, 0.1) is 17.8 Å². The Kier molecular flexibility index (Phi) is 37.7. The normalized spacial score (nSPS) is 12.9. The maximum atomic E-state index is 12.4. The van der Waals surface area contributed by atoms with Gasteiger partial charge in [0, 0.05) is 13.0 Å². The first kappa shape index (κ1) is 49.9. The number of hydrogen-bond acceptors (Lipinski definition) is 5. The summed E-state index contributed by atoms with van der Waals surface area (Å²) in [6, 6.07) is 0. The Bertz CT molecular complexity index is 730. The van der Waals surface area contributed by atoms with Crippen LogP contribution in [0.1, 0.15) is 227 Å². The first-order valence-electron chi connectivity index (χ1n) is 22.6. The van der Waals surface area contributed by atoms with Crippen LogP contribution in [-0.4, -0.2) is 59.9 Å². The van der Waals surface area contributed by atoms with E-state index in [0.717, 1.165) is 103 Å². The minimum atomic E-state index is -0.570. The Hall–Kier alpha value is -1.14. The number of ether oxygens (including phenoxy) is 1. The monoisotopic (exact) mass is 724 g/mol. The van der Waals surface area contributed by atoms with E-state index in [9.17, 15) is 19.8 Å². The van der Waals surface area contributed by atoms with E-state index < -0.39 is 5.97 Å². The van der Waals surface area contributed by atoms with Crippen molar-refractivity contribution in [3.8, 4) is 0 Å². The third-order valence-electron chi connectivity index (χ3n) is 11.1. The lowest BCUT2D eigenvalue weighted by molar-refractivity contribution is -0.145. The molecule has 0 fully saturated rings. The molecule has 0 heterocycles. The average Bonchev–Trinajstić information content (AvgIpc) is 3.11. The number of nitrogens with zero attached hydrogens (tertiary/aromatic N) is 1. The van der Waals surface area contributed by atoms with Crippen LogP contribution >= 0.6 is 0 Å². The molecule has 2 N–H and O–H groups in total. The zero-order valence-corrected chi connectivity index (χ0v) is 34.8. The van der Waals surface area contributed by atoms with Gasteiger partial charge in [-0.3, -0.25) is 9.59 Å². The number of hydrogen-bond donors (Lipinski definition) is 2. The van der Waals surface area contributed by atoms with E-state index in [-0.39, 0.29) is 18.5 Å². The predicted octanol–water partition coefficient (Wildman–Crippen LogP) is 12.9. The molecule has 2 unspecified atom stereocenters. The van der Waals surface area contributed by atoms with Crippen LogP contribution in [0.15, 0.2) is 0 Å². The van der Waals surface area contributed by atoms with Crippen molar-refractivity contribution in [2.75, 3.05) is 32.8 Å². The van der Waals surface area contributed by atoms with E-state index in [2.05, 4.69) is 32.6 Å². The van der Waals surface area contributed by atoms with E-state index in [1.165, 1.54) is 109 Å². The Morgan fingerprint density at radius 3 is 1.41 bits per heavy atom. The molecule has 0 aliphatic heterocycles. The second-order valence-electron chi connectivity index (χ2n) is 16.1. The molecule has 0 saturated carbocycles. The number of unbranched alkanes of at least 4 members (excludes halogenated alkanes) is 21. The highest BCUT2D eigenvalue weighted by atomic mass is 16.5. The molecule has 0 aliphatic rings. The average molecular weight is 724 g/mol. The van der Waals surface area contributed by atoms with Crippen LogP contribution in [-0.2, 0) is 14.3 Å². The minimum absolute atomic E-state index is 0.0402. The molecular formula is C45H89NO5. The second-order valence-corrected chi connectivity index (χ2v) is 16.1. The van der Waals surface area contributed by atoms with Gasteiger partial charge in [-0.25, -0.2) is 0 Å². The van der Waals surface area contributed by atoms with E-state index in [1.54, 1.807) is 0 Å². The third kappa shape index (κ3) is 33.2. The highest BCUT2D eigenvalue weighted by Gasteiger charge is 2.27. The second kappa shape index (κ2) is 38.6. The number of esters is 1. The van der Waals surface area contributed by atoms with Crippen molar-refractivity contribution in [2.45, 2.75) is 227 Å². The summed E-state index contributed by atoms with van der Waals surface area (Å²) in [6.45, 7) is 12.4. The summed E-state index contributed by atoms with van der Waals surface area (Å²) in [7, 11) is 0. The minimum Gasteiger partial charge on any atom is -0.481 e. The zero-order chi connectivity index (χ0) is 37.6. The fourth-order valence-electron chi connectivity index (χ4n) is 7.63. The third-order valence-corrected chi connectivity index (χ3v) is 11.1. The van der Waals surface area contributed by atoms with Crippen molar-refractivity contribution >= 4 is 11.9 Å². The lowest BCUT2D eigenvalue weighted by Gasteiger charge is -2.25. The van der Waals surface area contributed by atoms with Crippen LogP contribution in [0.4, 0.5) is 0 Å². The molecule has 0 saturated heterocycles. The summed E-state index contributed by atoms with van der Waals surface area (Å²) in [5.41, 5.74) is 0. The molecule has 0 spiro atoms. The van der Waals surface area contributed by atoms with Crippen molar-refractivity contribution in [1.82, 2.24) is 4.90 Å². The number of carbonyl (C=O) groups excluding carboxylic acids is 1. The number of aliphatic hydroxyl groups is 1. The van der Waals surface area contributed by atoms with Gasteiger partial charge in [0.05, 0.1) is 19.1 Å². The molecule has 0 amide bonds. The topological polar surface area (TPSA) is 87.1 Å². The maximum absolute atomic E-state index is 12.4. The summed E-state index contributed by atoms with van der Waals surface area (Å²) in [6.07, 6.45) is 36.1. The summed E-state index contributed by atoms with van der Waals surface area (Å²) in [5, 5.41) is 19.8. The standard InChI is InChI=1S/C45H89NO5/c1-5-8-11-14-18-25-32-42(33-26-19-15-12-9-6-2)43(45(49)50)34-27-21-23-30-37-46(38-39-47)36-29-22-16-20-28-35-44(48)51-40-41(4)31-24-17-13-10-7-3/h41-43,47H,5-40H2,1-4H3,(H,49,50). The molecule has 2 atom stereocenters. The molecule has 304 valence electrons. The summed E-state index contributed by atoms with van der Waals surface area (Å²) >= 11 is 0. The van der Waals surface area contributed by atoms with Gasteiger partial charge in [-0.1, -0.05) is 175 Å². The Labute approximate surface area is 318 Å². The fourth-order valence-corrected chi connectivity index (χ4v) is 7.63. The van der Waals surface area contributed by atoms with Gasteiger partial charge in [-0.2, -0.15) is 0 Å². The Morgan fingerprint density at radius 1 is 0.529 bits per heavy atom. The molecule has 0 aliphatic carbocycles.